The highest BCUT2D eigenvalue weighted by Crippen LogP contribution is 2.29. The van der Waals surface area contributed by atoms with Crippen molar-refractivity contribution in [3.05, 3.63) is 78.6 Å². The van der Waals surface area contributed by atoms with Gasteiger partial charge in [-0.25, -0.2) is 9.37 Å². The molecule has 0 saturated heterocycles. The third-order valence-electron chi connectivity index (χ3n) is 3.53. The van der Waals surface area contributed by atoms with Crippen LogP contribution in [-0.2, 0) is 6.54 Å². The molecule has 0 aliphatic heterocycles. The number of aromatic nitrogens is 2. The van der Waals surface area contributed by atoms with Crippen LogP contribution >= 0.6 is 11.8 Å². The van der Waals surface area contributed by atoms with Crippen molar-refractivity contribution >= 4 is 11.8 Å². The van der Waals surface area contributed by atoms with E-state index in [9.17, 15) is 9.50 Å². The Kier molecular flexibility index (Phi) is 5.10. The van der Waals surface area contributed by atoms with Gasteiger partial charge in [0.2, 0.25) is 0 Å². The molecule has 0 bridgehead atoms. The van der Waals surface area contributed by atoms with Crippen LogP contribution in [0.1, 0.15) is 18.1 Å². The molecule has 1 unspecified atom stereocenters. The molecule has 5 heteroatoms. The highest BCUT2D eigenvalue weighted by atomic mass is 32.2. The molecule has 3 rings (SSSR count). The summed E-state index contributed by atoms with van der Waals surface area (Å²) in [7, 11) is 0. The minimum Gasteiger partial charge on any atom is -0.388 e. The Morgan fingerprint density at radius 1 is 1.04 bits per heavy atom. The molecule has 3 aromatic rings. The summed E-state index contributed by atoms with van der Waals surface area (Å²) < 4.78 is 14.8. The molecule has 23 heavy (non-hydrogen) atoms. The molecule has 0 fully saturated rings. The van der Waals surface area contributed by atoms with Gasteiger partial charge in [-0.15, -0.1) is 0 Å². The van der Waals surface area contributed by atoms with Gasteiger partial charge in [0, 0.05) is 28.7 Å². The highest BCUT2D eigenvalue weighted by molar-refractivity contribution is 7.99. The average molecular weight is 328 g/mol. The predicted octanol–water partition coefficient (Wildman–Crippen LogP) is 4.30. The Bertz CT molecular complexity index is 727. The monoisotopic (exact) mass is 328 g/mol. The van der Waals surface area contributed by atoms with Gasteiger partial charge in [-0.2, -0.15) is 0 Å². The van der Waals surface area contributed by atoms with Crippen LogP contribution in [0.25, 0.3) is 0 Å². The van der Waals surface area contributed by atoms with E-state index in [0.717, 1.165) is 21.9 Å². The van der Waals surface area contributed by atoms with Crippen LogP contribution in [0.2, 0.25) is 0 Å². The first-order valence-corrected chi connectivity index (χ1v) is 8.19. The summed E-state index contributed by atoms with van der Waals surface area (Å²) in [5.74, 6) is -0.231. The normalized spacial score (nSPS) is 12.3. The first-order chi connectivity index (χ1) is 11.2. The van der Waals surface area contributed by atoms with Crippen molar-refractivity contribution in [1.82, 2.24) is 9.55 Å². The van der Waals surface area contributed by atoms with Crippen LogP contribution < -0.4 is 0 Å². The van der Waals surface area contributed by atoms with Crippen molar-refractivity contribution in [2.45, 2.75) is 28.9 Å². The molecule has 0 spiro atoms. The lowest BCUT2D eigenvalue weighted by atomic mass is 10.1. The largest absolute Gasteiger partial charge is 0.388 e. The third kappa shape index (κ3) is 4.43. The number of rotatable bonds is 6. The van der Waals surface area contributed by atoms with E-state index >= 15 is 0 Å². The molecule has 0 aliphatic carbocycles. The zero-order chi connectivity index (χ0) is 16.1. The molecule has 1 N–H and O–H groups in total. The van der Waals surface area contributed by atoms with Crippen molar-refractivity contribution in [2.75, 3.05) is 0 Å². The molecule has 3 nitrogen and oxygen atoms in total. The molecule has 2 aromatic carbocycles. The van der Waals surface area contributed by atoms with Crippen LogP contribution in [0.15, 0.2) is 77.0 Å². The molecular weight excluding hydrogens is 311 g/mol. The minimum atomic E-state index is -0.498. The van der Waals surface area contributed by atoms with E-state index in [-0.39, 0.29) is 5.82 Å². The molecular formula is C18H17FN2OS. The fraction of sp³-hybridized carbons (Fsp3) is 0.167. The first-order valence-electron chi connectivity index (χ1n) is 7.38. The molecule has 1 heterocycles. The second kappa shape index (κ2) is 7.44. The quantitative estimate of drug-likeness (QED) is 0.733. The maximum Gasteiger partial charge on any atom is 0.123 e. The lowest BCUT2D eigenvalue weighted by molar-refractivity contribution is 0.161. The van der Waals surface area contributed by atoms with Gasteiger partial charge in [-0.05, 0) is 48.4 Å². The molecule has 0 radical (unpaired) electrons. The Balaban J connectivity index is 1.58. The Labute approximate surface area is 138 Å². The van der Waals surface area contributed by atoms with Gasteiger partial charge in [0.15, 0.2) is 0 Å². The van der Waals surface area contributed by atoms with E-state index in [1.165, 1.54) is 12.1 Å². The molecule has 1 aromatic heterocycles. The van der Waals surface area contributed by atoms with Gasteiger partial charge >= 0.3 is 0 Å². The second-order valence-electron chi connectivity index (χ2n) is 5.23. The summed E-state index contributed by atoms with van der Waals surface area (Å²) in [5, 5.41) is 10.2. The SMILES string of the molecule is OC(CCn1ccnc1)c1ccc(Sc2ccc(F)cc2)cc1. The lowest BCUT2D eigenvalue weighted by Crippen LogP contribution is -2.03. The summed E-state index contributed by atoms with van der Waals surface area (Å²) in [4.78, 5) is 6.03. The third-order valence-corrected chi connectivity index (χ3v) is 4.55. The Hall–Kier alpha value is -2.11. The van der Waals surface area contributed by atoms with Crippen LogP contribution in [0.5, 0.6) is 0 Å². The van der Waals surface area contributed by atoms with Gasteiger partial charge < -0.3 is 9.67 Å². The van der Waals surface area contributed by atoms with E-state index in [0.29, 0.717) is 6.42 Å². The number of aliphatic hydroxyl groups is 1. The Morgan fingerprint density at radius 3 is 2.30 bits per heavy atom. The van der Waals surface area contributed by atoms with Crippen molar-refractivity contribution in [2.24, 2.45) is 0 Å². The number of halogens is 1. The van der Waals surface area contributed by atoms with Gasteiger partial charge in [0.1, 0.15) is 5.82 Å². The standard InChI is InChI=1S/C18H17FN2OS/c19-15-3-7-17(8-4-15)23-16-5-1-14(2-6-16)18(22)9-11-21-12-10-20-13-21/h1-8,10,12-13,18,22H,9,11H2. The fourth-order valence-electron chi connectivity index (χ4n) is 2.25. The predicted molar refractivity (Wildman–Crippen MR) is 88.8 cm³/mol. The topological polar surface area (TPSA) is 38.0 Å². The molecule has 0 aliphatic rings. The summed E-state index contributed by atoms with van der Waals surface area (Å²) in [5.41, 5.74) is 0.897. The van der Waals surface area contributed by atoms with Crippen molar-refractivity contribution in [1.29, 1.82) is 0 Å². The van der Waals surface area contributed by atoms with Gasteiger partial charge in [0.25, 0.3) is 0 Å². The number of benzene rings is 2. The molecule has 118 valence electrons. The number of nitrogens with zero attached hydrogens (tertiary/aromatic N) is 2. The molecule has 0 amide bonds. The van der Waals surface area contributed by atoms with Gasteiger partial charge in [-0.1, -0.05) is 23.9 Å². The van der Waals surface area contributed by atoms with Crippen LogP contribution in [-0.4, -0.2) is 14.7 Å². The highest BCUT2D eigenvalue weighted by Gasteiger charge is 2.08. The number of hydrogen-bond acceptors (Lipinski definition) is 3. The van der Waals surface area contributed by atoms with E-state index in [4.69, 9.17) is 0 Å². The van der Waals surface area contributed by atoms with Crippen LogP contribution in [0.3, 0.4) is 0 Å². The van der Waals surface area contributed by atoms with Gasteiger partial charge in [-0.3, -0.25) is 0 Å². The van der Waals surface area contributed by atoms with Gasteiger partial charge in [0.05, 0.1) is 12.4 Å². The number of hydrogen-bond donors (Lipinski definition) is 1. The van der Waals surface area contributed by atoms with E-state index in [1.54, 1.807) is 36.4 Å². The smallest absolute Gasteiger partial charge is 0.123 e. The maximum atomic E-state index is 12.9. The van der Waals surface area contributed by atoms with Crippen molar-refractivity contribution in [3.63, 3.8) is 0 Å². The maximum absolute atomic E-state index is 12.9. The minimum absolute atomic E-state index is 0.231. The Morgan fingerprint density at radius 2 is 1.70 bits per heavy atom. The molecule has 1 atom stereocenters. The zero-order valence-corrected chi connectivity index (χ0v) is 13.3. The summed E-state index contributed by atoms with van der Waals surface area (Å²) >= 11 is 1.57. The zero-order valence-electron chi connectivity index (χ0n) is 12.5. The van der Waals surface area contributed by atoms with E-state index in [2.05, 4.69) is 4.98 Å². The number of aryl methyl sites for hydroxylation is 1. The number of imidazole rings is 1. The lowest BCUT2D eigenvalue weighted by Gasteiger charge is -2.12. The van der Waals surface area contributed by atoms with E-state index in [1.807, 2.05) is 35.0 Å². The molecule has 0 saturated carbocycles. The van der Waals surface area contributed by atoms with Crippen LogP contribution in [0.4, 0.5) is 4.39 Å². The van der Waals surface area contributed by atoms with Crippen molar-refractivity contribution < 1.29 is 9.50 Å². The summed E-state index contributed by atoms with van der Waals surface area (Å²) in [6.45, 7) is 0.729. The second-order valence-corrected chi connectivity index (χ2v) is 6.38. The first kappa shape index (κ1) is 15.8. The average Bonchev–Trinajstić information content (AvgIpc) is 3.09. The van der Waals surface area contributed by atoms with E-state index < -0.39 is 6.10 Å². The fourth-order valence-corrected chi connectivity index (χ4v) is 3.07. The van der Waals surface area contributed by atoms with Crippen molar-refractivity contribution in [3.8, 4) is 0 Å². The number of aliphatic hydroxyl groups excluding tert-OH is 1. The summed E-state index contributed by atoms with van der Waals surface area (Å²) in [6, 6.07) is 14.2. The van der Waals surface area contributed by atoms with Crippen LogP contribution in [0, 0.1) is 5.82 Å². The summed E-state index contributed by atoms with van der Waals surface area (Å²) in [6.07, 6.45) is 5.50.